The molecule has 1 rings (SSSR count). The van der Waals surface area contributed by atoms with E-state index in [1.54, 1.807) is 0 Å². The average Bonchev–Trinajstić information content (AvgIpc) is 2.19. The van der Waals surface area contributed by atoms with E-state index in [9.17, 15) is 4.79 Å². The predicted octanol–water partition coefficient (Wildman–Crippen LogP) is 3.33. The smallest absolute Gasteiger partial charge is 0.235 e. The van der Waals surface area contributed by atoms with Gasteiger partial charge in [0.2, 0.25) is 5.91 Å². The van der Waals surface area contributed by atoms with Crippen molar-refractivity contribution >= 4 is 18.7 Å². The minimum Gasteiger partial charge on any atom is -0.302 e. The second-order valence-corrected chi connectivity index (χ2v) is 6.10. The van der Waals surface area contributed by atoms with E-state index in [1.165, 1.54) is 12.8 Å². The van der Waals surface area contributed by atoms with Crippen molar-refractivity contribution in [2.24, 2.45) is 10.8 Å². The van der Waals surface area contributed by atoms with Crippen LogP contribution in [0.2, 0.25) is 0 Å². The van der Waals surface area contributed by atoms with E-state index >= 15 is 0 Å². The second kappa shape index (κ2) is 4.77. The maximum atomic E-state index is 11.8. The topological polar surface area (TPSA) is 29.1 Å². The SMILES string of the molecule is CC1(C)CCCCC(C)(C(=O)NS)CC1. The fourth-order valence-electron chi connectivity index (χ4n) is 2.35. The molecule has 1 atom stereocenters. The van der Waals surface area contributed by atoms with E-state index in [0.29, 0.717) is 5.41 Å². The molecule has 88 valence electrons. The first-order chi connectivity index (χ1) is 6.90. The van der Waals surface area contributed by atoms with Gasteiger partial charge in [-0.15, -0.1) is 0 Å². The summed E-state index contributed by atoms with van der Waals surface area (Å²) in [5.74, 6) is 0.0866. The quantitative estimate of drug-likeness (QED) is 0.663. The summed E-state index contributed by atoms with van der Waals surface area (Å²) in [6.07, 6.45) is 6.78. The van der Waals surface area contributed by atoms with Crippen molar-refractivity contribution in [3.05, 3.63) is 0 Å². The van der Waals surface area contributed by atoms with Crippen LogP contribution in [0, 0.1) is 10.8 Å². The van der Waals surface area contributed by atoms with Crippen LogP contribution in [0.15, 0.2) is 0 Å². The normalized spacial score (nSPS) is 31.5. The molecule has 0 heterocycles. The van der Waals surface area contributed by atoms with Crippen molar-refractivity contribution in [1.29, 1.82) is 0 Å². The summed E-state index contributed by atoms with van der Waals surface area (Å²) in [5, 5.41) is 0. The number of nitrogens with one attached hydrogen (secondary N) is 1. The Labute approximate surface area is 98.7 Å². The highest BCUT2D eigenvalue weighted by Gasteiger charge is 2.35. The molecule has 1 aliphatic carbocycles. The van der Waals surface area contributed by atoms with Gasteiger partial charge in [-0.05, 0) is 31.1 Å². The maximum absolute atomic E-state index is 11.8. The largest absolute Gasteiger partial charge is 0.302 e. The van der Waals surface area contributed by atoms with E-state index < -0.39 is 0 Å². The van der Waals surface area contributed by atoms with Crippen LogP contribution in [0.1, 0.15) is 59.3 Å². The van der Waals surface area contributed by atoms with Gasteiger partial charge in [-0.1, -0.05) is 46.4 Å². The number of thiol groups is 1. The lowest BCUT2D eigenvalue weighted by atomic mass is 9.70. The zero-order valence-electron chi connectivity index (χ0n) is 10.1. The summed E-state index contributed by atoms with van der Waals surface area (Å²) in [7, 11) is 0. The van der Waals surface area contributed by atoms with Gasteiger partial charge < -0.3 is 4.72 Å². The van der Waals surface area contributed by atoms with Crippen molar-refractivity contribution in [1.82, 2.24) is 4.72 Å². The monoisotopic (exact) mass is 229 g/mol. The summed E-state index contributed by atoms with van der Waals surface area (Å²) in [5.41, 5.74) is 0.179. The predicted molar refractivity (Wildman–Crippen MR) is 66.7 cm³/mol. The lowest BCUT2D eigenvalue weighted by molar-refractivity contribution is -0.129. The van der Waals surface area contributed by atoms with Crippen LogP contribution in [-0.4, -0.2) is 5.91 Å². The Morgan fingerprint density at radius 1 is 1.07 bits per heavy atom. The highest BCUT2D eigenvalue weighted by Crippen LogP contribution is 2.40. The first-order valence-corrected chi connectivity index (χ1v) is 6.29. The first-order valence-electron chi connectivity index (χ1n) is 5.84. The zero-order valence-corrected chi connectivity index (χ0v) is 11.0. The van der Waals surface area contributed by atoms with Crippen LogP contribution in [0.3, 0.4) is 0 Å². The summed E-state index contributed by atoms with van der Waals surface area (Å²) in [6.45, 7) is 6.68. The first kappa shape index (κ1) is 12.9. The molecule has 0 aromatic carbocycles. The van der Waals surface area contributed by atoms with Crippen LogP contribution >= 0.6 is 12.8 Å². The van der Waals surface area contributed by atoms with Crippen LogP contribution in [0.4, 0.5) is 0 Å². The Balaban J connectivity index is 2.70. The van der Waals surface area contributed by atoms with Gasteiger partial charge in [0.15, 0.2) is 0 Å². The van der Waals surface area contributed by atoms with E-state index in [4.69, 9.17) is 0 Å². The van der Waals surface area contributed by atoms with Crippen LogP contribution in [0.25, 0.3) is 0 Å². The van der Waals surface area contributed by atoms with Gasteiger partial charge in [0.1, 0.15) is 0 Å². The Hall–Kier alpha value is -0.180. The lowest BCUT2D eigenvalue weighted by Crippen LogP contribution is -2.36. The van der Waals surface area contributed by atoms with E-state index in [0.717, 1.165) is 25.7 Å². The van der Waals surface area contributed by atoms with Crippen molar-refractivity contribution < 1.29 is 4.79 Å². The molecule has 15 heavy (non-hydrogen) atoms. The highest BCUT2D eigenvalue weighted by atomic mass is 32.1. The molecule has 1 saturated carbocycles. The molecule has 1 N–H and O–H groups in total. The summed E-state index contributed by atoms with van der Waals surface area (Å²) < 4.78 is 2.51. The average molecular weight is 229 g/mol. The molecule has 1 aliphatic rings. The van der Waals surface area contributed by atoms with Crippen LogP contribution in [0.5, 0.6) is 0 Å². The number of hydrogen-bond donors (Lipinski definition) is 2. The van der Waals surface area contributed by atoms with Gasteiger partial charge in [-0.25, -0.2) is 0 Å². The fourth-order valence-corrected chi connectivity index (χ4v) is 2.61. The molecule has 0 spiro atoms. The van der Waals surface area contributed by atoms with Gasteiger partial charge in [-0.2, -0.15) is 0 Å². The Morgan fingerprint density at radius 2 is 1.67 bits per heavy atom. The third-order valence-corrected chi connectivity index (χ3v) is 4.04. The van der Waals surface area contributed by atoms with Gasteiger partial charge in [-0.3, -0.25) is 4.79 Å². The van der Waals surface area contributed by atoms with Gasteiger partial charge in [0, 0.05) is 5.41 Å². The molecule has 1 amide bonds. The van der Waals surface area contributed by atoms with E-state index in [2.05, 4.69) is 38.3 Å². The second-order valence-electron chi connectivity index (χ2n) is 5.87. The highest BCUT2D eigenvalue weighted by molar-refractivity contribution is 7.78. The molecule has 0 saturated heterocycles. The molecule has 0 aromatic heterocycles. The molecule has 0 aromatic rings. The molecule has 0 bridgehead atoms. The Morgan fingerprint density at radius 3 is 2.27 bits per heavy atom. The van der Waals surface area contributed by atoms with E-state index in [-0.39, 0.29) is 11.3 Å². The third-order valence-electron chi connectivity index (χ3n) is 3.84. The third kappa shape index (κ3) is 3.40. The van der Waals surface area contributed by atoms with Crippen molar-refractivity contribution in [2.75, 3.05) is 0 Å². The van der Waals surface area contributed by atoms with E-state index in [1.807, 2.05) is 0 Å². The van der Waals surface area contributed by atoms with Gasteiger partial charge in [0.05, 0.1) is 0 Å². The standard InChI is InChI=1S/C12H23NOS/c1-11(2)6-4-5-7-12(3,9-8-11)10(14)13-15/h15H,4-9H2,1-3H3,(H,13,14). The number of hydrogen-bond acceptors (Lipinski definition) is 2. The molecule has 0 radical (unpaired) electrons. The number of carbonyl (C=O) groups excluding carboxylic acids is 1. The van der Waals surface area contributed by atoms with Gasteiger partial charge in [0.25, 0.3) is 0 Å². The van der Waals surface area contributed by atoms with Crippen molar-refractivity contribution in [2.45, 2.75) is 59.3 Å². The summed E-state index contributed by atoms with van der Waals surface area (Å²) in [6, 6.07) is 0. The fraction of sp³-hybridized carbons (Fsp3) is 0.917. The summed E-state index contributed by atoms with van der Waals surface area (Å²) >= 11 is 3.89. The molecule has 0 aliphatic heterocycles. The maximum Gasteiger partial charge on any atom is 0.235 e. The summed E-state index contributed by atoms with van der Waals surface area (Å²) in [4.78, 5) is 11.8. The number of rotatable bonds is 1. The van der Waals surface area contributed by atoms with Crippen molar-refractivity contribution in [3.63, 3.8) is 0 Å². The van der Waals surface area contributed by atoms with Crippen molar-refractivity contribution in [3.8, 4) is 0 Å². The molecular formula is C12H23NOS. The minimum atomic E-state index is -0.209. The Kier molecular flexibility index (Phi) is 4.10. The minimum absolute atomic E-state index is 0.0866. The van der Waals surface area contributed by atoms with Gasteiger partial charge >= 0.3 is 0 Å². The van der Waals surface area contributed by atoms with Crippen LogP contribution in [-0.2, 0) is 4.79 Å². The van der Waals surface area contributed by atoms with Crippen LogP contribution < -0.4 is 4.72 Å². The molecule has 3 heteroatoms. The Bertz CT molecular complexity index is 240. The number of carbonyl (C=O) groups is 1. The molecule has 1 unspecified atom stereocenters. The lowest BCUT2D eigenvalue weighted by Gasteiger charge is -2.35. The number of amides is 1. The molecular weight excluding hydrogens is 206 g/mol. The molecule has 2 nitrogen and oxygen atoms in total. The molecule has 1 fully saturated rings. The zero-order chi connectivity index (χ0) is 11.5.